The van der Waals surface area contributed by atoms with Crippen molar-refractivity contribution < 1.29 is 9.59 Å². The summed E-state index contributed by atoms with van der Waals surface area (Å²) in [6.45, 7) is 3.82. The number of rotatable bonds is 1. The molecule has 0 aromatic rings. The maximum Gasteiger partial charge on any atom is 0.322 e. The van der Waals surface area contributed by atoms with Crippen molar-refractivity contribution in [1.29, 1.82) is 0 Å². The van der Waals surface area contributed by atoms with Gasteiger partial charge in [0.15, 0.2) is 0 Å². The minimum Gasteiger partial charge on any atom is -0.323 e. The Hall–Kier alpha value is -1.06. The number of hydrogen-bond donors (Lipinski definition) is 2. The van der Waals surface area contributed by atoms with Crippen molar-refractivity contribution in [2.24, 2.45) is 5.41 Å². The molecule has 0 unspecified atom stereocenters. The van der Waals surface area contributed by atoms with Crippen molar-refractivity contribution >= 4 is 11.9 Å². The van der Waals surface area contributed by atoms with Crippen molar-refractivity contribution in [3.05, 3.63) is 0 Å². The van der Waals surface area contributed by atoms with Gasteiger partial charge in [-0.15, -0.1) is 0 Å². The van der Waals surface area contributed by atoms with E-state index in [9.17, 15) is 9.59 Å². The molecule has 0 radical (unpaired) electrons. The number of amides is 3. The zero-order chi connectivity index (χ0) is 8.98. The van der Waals surface area contributed by atoms with E-state index in [1.54, 1.807) is 6.92 Å². The fourth-order valence-electron chi connectivity index (χ4n) is 1.66. The molecule has 66 valence electrons. The highest BCUT2D eigenvalue weighted by Gasteiger charge is 2.60. The second kappa shape index (κ2) is 1.81. The van der Waals surface area contributed by atoms with Gasteiger partial charge in [-0.1, -0.05) is 6.92 Å². The zero-order valence-electron chi connectivity index (χ0n) is 7.23. The van der Waals surface area contributed by atoms with Crippen LogP contribution in [0.2, 0.25) is 0 Å². The van der Waals surface area contributed by atoms with Gasteiger partial charge >= 0.3 is 6.03 Å². The Labute approximate surface area is 70.7 Å². The van der Waals surface area contributed by atoms with Crippen LogP contribution in [0.3, 0.4) is 0 Å². The highest BCUT2D eigenvalue weighted by atomic mass is 16.2. The Morgan fingerprint density at radius 3 is 2.17 bits per heavy atom. The quantitative estimate of drug-likeness (QED) is 0.556. The third-order valence-electron chi connectivity index (χ3n) is 3.25. The van der Waals surface area contributed by atoms with Crippen LogP contribution in [0.5, 0.6) is 0 Å². The Bertz CT molecular complexity index is 270. The molecule has 1 saturated heterocycles. The molecular weight excluding hydrogens is 156 g/mol. The molecule has 0 bridgehead atoms. The van der Waals surface area contributed by atoms with Gasteiger partial charge in [-0.05, 0) is 25.2 Å². The lowest BCUT2D eigenvalue weighted by atomic mass is 9.84. The summed E-state index contributed by atoms with van der Waals surface area (Å²) in [4.78, 5) is 22.3. The molecule has 1 aliphatic carbocycles. The molecule has 2 N–H and O–H groups in total. The van der Waals surface area contributed by atoms with Crippen molar-refractivity contribution in [3.8, 4) is 0 Å². The summed E-state index contributed by atoms with van der Waals surface area (Å²) in [6, 6.07) is -0.365. The predicted octanol–water partition coefficient (Wildman–Crippen LogP) is 0.385. The molecule has 2 aliphatic rings. The van der Waals surface area contributed by atoms with Gasteiger partial charge < -0.3 is 5.32 Å². The molecule has 4 nitrogen and oxygen atoms in total. The smallest absolute Gasteiger partial charge is 0.322 e. The largest absolute Gasteiger partial charge is 0.323 e. The van der Waals surface area contributed by atoms with Crippen LogP contribution in [0.25, 0.3) is 0 Å². The number of nitrogens with one attached hydrogen (secondary N) is 2. The third-order valence-corrected chi connectivity index (χ3v) is 3.25. The lowest BCUT2D eigenvalue weighted by Crippen LogP contribution is -2.50. The summed E-state index contributed by atoms with van der Waals surface area (Å²) in [5.74, 6) is -0.187. The third kappa shape index (κ3) is 0.722. The molecule has 1 heterocycles. The molecule has 1 atom stereocenters. The normalized spacial score (nSPS) is 37.5. The van der Waals surface area contributed by atoms with Crippen molar-refractivity contribution in [1.82, 2.24) is 10.6 Å². The minimum absolute atomic E-state index is 0.0246. The van der Waals surface area contributed by atoms with Gasteiger partial charge in [0.2, 0.25) is 0 Å². The van der Waals surface area contributed by atoms with Crippen LogP contribution in [-0.2, 0) is 4.79 Å². The molecule has 12 heavy (non-hydrogen) atoms. The van der Waals surface area contributed by atoms with E-state index in [4.69, 9.17) is 0 Å². The average Bonchev–Trinajstić information content (AvgIpc) is 2.62. The first-order valence-corrected chi connectivity index (χ1v) is 4.12. The van der Waals surface area contributed by atoms with E-state index in [0.717, 1.165) is 12.8 Å². The first-order valence-electron chi connectivity index (χ1n) is 4.12. The SMILES string of the molecule is CC1([C@@]2(C)NC(=O)NC2=O)CC1. The Kier molecular flexibility index (Phi) is 1.14. The highest BCUT2D eigenvalue weighted by Crippen LogP contribution is 2.54. The van der Waals surface area contributed by atoms with Gasteiger partial charge in [0.25, 0.3) is 5.91 Å². The second-order valence-electron chi connectivity index (χ2n) is 4.09. The number of hydrogen-bond acceptors (Lipinski definition) is 2. The van der Waals surface area contributed by atoms with Crippen LogP contribution < -0.4 is 10.6 Å². The molecule has 1 saturated carbocycles. The van der Waals surface area contributed by atoms with E-state index in [2.05, 4.69) is 10.6 Å². The van der Waals surface area contributed by atoms with Crippen LogP contribution in [0.1, 0.15) is 26.7 Å². The Balaban J connectivity index is 2.31. The minimum atomic E-state index is -0.677. The number of carbonyl (C=O) groups excluding carboxylic acids is 2. The van der Waals surface area contributed by atoms with Crippen LogP contribution in [0.4, 0.5) is 4.79 Å². The molecule has 1 aliphatic heterocycles. The van der Waals surface area contributed by atoms with Gasteiger partial charge in [0, 0.05) is 0 Å². The number of urea groups is 1. The second-order valence-corrected chi connectivity index (χ2v) is 4.09. The van der Waals surface area contributed by atoms with Crippen LogP contribution in [0.15, 0.2) is 0 Å². The maximum atomic E-state index is 11.4. The van der Waals surface area contributed by atoms with E-state index in [1.807, 2.05) is 6.92 Å². The monoisotopic (exact) mass is 168 g/mol. The fraction of sp³-hybridized carbons (Fsp3) is 0.750. The summed E-state index contributed by atoms with van der Waals surface area (Å²) in [5, 5.41) is 4.95. The van der Waals surface area contributed by atoms with E-state index < -0.39 is 5.54 Å². The lowest BCUT2D eigenvalue weighted by molar-refractivity contribution is -0.125. The van der Waals surface area contributed by atoms with Gasteiger partial charge in [-0.3, -0.25) is 10.1 Å². The standard InChI is InChI=1S/C8H12N2O2/c1-7(3-4-7)8(2)5(11)9-6(12)10-8/h3-4H2,1-2H3,(H2,9,10,11,12)/t8-/m0/s1. The summed E-state index contributed by atoms with van der Waals surface area (Å²) in [5.41, 5.74) is -0.701. The van der Waals surface area contributed by atoms with E-state index in [-0.39, 0.29) is 17.4 Å². The fourth-order valence-corrected chi connectivity index (χ4v) is 1.66. The van der Waals surface area contributed by atoms with E-state index in [0.29, 0.717) is 0 Å². The van der Waals surface area contributed by atoms with Crippen molar-refractivity contribution in [2.45, 2.75) is 32.2 Å². The molecule has 0 aromatic carbocycles. The molecule has 3 amide bonds. The molecule has 0 spiro atoms. The van der Waals surface area contributed by atoms with Gasteiger partial charge in [0.1, 0.15) is 5.54 Å². The molecule has 2 rings (SSSR count). The summed E-state index contributed by atoms with van der Waals surface area (Å²) in [6.07, 6.45) is 2.02. The van der Waals surface area contributed by atoms with E-state index in [1.165, 1.54) is 0 Å². The predicted molar refractivity (Wildman–Crippen MR) is 42.4 cm³/mol. The Morgan fingerprint density at radius 2 is 1.83 bits per heavy atom. The highest BCUT2D eigenvalue weighted by molar-refractivity contribution is 6.07. The van der Waals surface area contributed by atoms with Crippen molar-refractivity contribution in [3.63, 3.8) is 0 Å². The van der Waals surface area contributed by atoms with Crippen LogP contribution in [0, 0.1) is 5.41 Å². The summed E-state index contributed by atoms with van der Waals surface area (Å²) in [7, 11) is 0. The molecule has 0 aromatic heterocycles. The van der Waals surface area contributed by atoms with Gasteiger partial charge in [0.05, 0.1) is 0 Å². The Morgan fingerprint density at radius 1 is 1.25 bits per heavy atom. The van der Waals surface area contributed by atoms with Gasteiger partial charge in [-0.2, -0.15) is 0 Å². The van der Waals surface area contributed by atoms with Crippen molar-refractivity contribution in [2.75, 3.05) is 0 Å². The molecule has 4 heteroatoms. The maximum absolute atomic E-state index is 11.4. The number of carbonyl (C=O) groups is 2. The van der Waals surface area contributed by atoms with Crippen LogP contribution >= 0.6 is 0 Å². The zero-order valence-corrected chi connectivity index (χ0v) is 7.23. The van der Waals surface area contributed by atoms with Crippen LogP contribution in [-0.4, -0.2) is 17.5 Å². The molecular formula is C8H12N2O2. The molecule has 2 fully saturated rings. The van der Waals surface area contributed by atoms with Gasteiger partial charge in [-0.25, -0.2) is 4.79 Å². The summed E-state index contributed by atoms with van der Waals surface area (Å²) >= 11 is 0. The summed E-state index contributed by atoms with van der Waals surface area (Å²) < 4.78 is 0. The first kappa shape index (κ1) is 7.58. The average molecular weight is 168 g/mol. The first-order chi connectivity index (χ1) is 5.48. The van der Waals surface area contributed by atoms with E-state index >= 15 is 0 Å². The topological polar surface area (TPSA) is 58.2 Å². The lowest BCUT2D eigenvalue weighted by Gasteiger charge is -2.27. The number of imide groups is 1.